The smallest absolute Gasteiger partial charge is 0.335 e. The van der Waals surface area contributed by atoms with Crippen molar-refractivity contribution in [2.24, 2.45) is 4.99 Å². The van der Waals surface area contributed by atoms with Crippen LogP contribution in [-0.4, -0.2) is 40.2 Å². The topological polar surface area (TPSA) is 88.4 Å². The molecule has 41 heavy (non-hydrogen) atoms. The van der Waals surface area contributed by atoms with Gasteiger partial charge >= 0.3 is 5.97 Å². The number of carboxylic acids is 1. The van der Waals surface area contributed by atoms with Crippen molar-refractivity contribution in [2.75, 3.05) is 13.2 Å². The maximum atomic E-state index is 13.2. The van der Waals surface area contributed by atoms with Gasteiger partial charge in [-0.2, -0.15) is 0 Å². The zero-order chi connectivity index (χ0) is 28.9. The minimum absolute atomic E-state index is 0.140. The highest BCUT2D eigenvalue weighted by Gasteiger charge is 2.32. The third-order valence-corrected chi connectivity index (χ3v) is 8.21. The van der Waals surface area contributed by atoms with Crippen molar-refractivity contribution in [3.8, 4) is 11.5 Å². The Labute approximate surface area is 256 Å². The second kappa shape index (κ2) is 12.8. The predicted molar refractivity (Wildman–Crippen MR) is 172 cm³/mol. The average Bonchev–Trinajstić information content (AvgIpc) is 3.25. The van der Waals surface area contributed by atoms with Crippen LogP contribution in [0.3, 0.4) is 0 Å². The van der Waals surface area contributed by atoms with Gasteiger partial charge in [-0.1, -0.05) is 48.5 Å². The van der Waals surface area contributed by atoms with E-state index < -0.39 is 5.97 Å². The van der Waals surface area contributed by atoms with Crippen LogP contribution in [0.5, 0.6) is 11.5 Å². The summed E-state index contributed by atoms with van der Waals surface area (Å²) in [5.74, 6) is 0.0756. The molecule has 5 rings (SSSR count). The van der Waals surface area contributed by atoms with E-state index in [1.54, 1.807) is 17.0 Å². The van der Waals surface area contributed by atoms with Crippen LogP contribution in [0.2, 0.25) is 0 Å². The third kappa shape index (κ3) is 6.41. The Morgan fingerprint density at radius 3 is 2.59 bits per heavy atom. The van der Waals surface area contributed by atoms with Gasteiger partial charge in [0, 0.05) is 6.54 Å². The molecule has 0 atom stereocenters. The van der Waals surface area contributed by atoms with Crippen molar-refractivity contribution in [1.82, 2.24) is 4.90 Å². The molecule has 1 heterocycles. The first kappa shape index (κ1) is 28.7. The van der Waals surface area contributed by atoms with Gasteiger partial charge in [-0.15, -0.1) is 0 Å². The van der Waals surface area contributed by atoms with E-state index in [0.717, 1.165) is 25.5 Å². The number of thioether (sulfide) groups is 1. The molecule has 1 saturated heterocycles. The quantitative estimate of drug-likeness (QED) is 0.144. The number of fused-ring (bicyclic) bond motifs is 1. The number of ether oxygens (including phenoxy) is 2. The Hall–Kier alpha value is -3.83. The van der Waals surface area contributed by atoms with Crippen molar-refractivity contribution < 1.29 is 24.2 Å². The van der Waals surface area contributed by atoms with Gasteiger partial charge in [0.15, 0.2) is 16.7 Å². The van der Waals surface area contributed by atoms with Crippen LogP contribution in [0.25, 0.3) is 16.8 Å². The number of likely N-dealkylation sites (N-methyl/N-ethyl adjacent to an activating group) is 1. The summed E-state index contributed by atoms with van der Waals surface area (Å²) in [5, 5.41) is 12.1. The largest absolute Gasteiger partial charge is 0.490 e. The van der Waals surface area contributed by atoms with Crippen LogP contribution < -0.4 is 9.47 Å². The number of hydrogen-bond donors (Lipinski definition) is 1. The van der Waals surface area contributed by atoms with Crippen LogP contribution in [-0.2, 0) is 11.4 Å². The first-order valence-electron chi connectivity index (χ1n) is 13.1. The molecular formula is C32H27IN2O5S. The van der Waals surface area contributed by atoms with Crippen molar-refractivity contribution in [1.29, 1.82) is 0 Å². The third-order valence-electron chi connectivity index (χ3n) is 6.40. The second-order valence-corrected chi connectivity index (χ2v) is 11.3. The van der Waals surface area contributed by atoms with Crippen molar-refractivity contribution in [2.45, 2.75) is 20.5 Å². The maximum absolute atomic E-state index is 13.2. The molecule has 1 amide bonds. The minimum atomic E-state index is -1.03. The Bertz CT molecular complexity index is 1700. The Morgan fingerprint density at radius 1 is 1.02 bits per heavy atom. The van der Waals surface area contributed by atoms with Crippen LogP contribution in [0, 0.1) is 3.57 Å². The van der Waals surface area contributed by atoms with E-state index in [-0.39, 0.29) is 11.5 Å². The van der Waals surface area contributed by atoms with Gasteiger partial charge in [-0.25, -0.2) is 9.79 Å². The lowest BCUT2D eigenvalue weighted by Crippen LogP contribution is -2.28. The zero-order valence-electron chi connectivity index (χ0n) is 22.5. The van der Waals surface area contributed by atoms with E-state index in [0.29, 0.717) is 47.0 Å². The van der Waals surface area contributed by atoms with Gasteiger partial charge in [0.1, 0.15) is 6.61 Å². The zero-order valence-corrected chi connectivity index (χ0v) is 25.4. The van der Waals surface area contributed by atoms with Gasteiger partial charge in [0.2, 0.25) is 0 Å². The number of amidine groups is 1. The standard InChI is InChI=1S/C32H27IN2O5S/c1-3-35-30(36)28(41-32(35)34-24-13-8-11-22(18-24)31(37)38)17-20-15-26(33)29(27(16-20)39-4-2)40-19-23-12-7-10-21-9-5-6-14-25(21)23/h5-18H,3-4,19H2,1-2H3,(H,37,38)/b28-17-,34-32?. The number of rotatable bonds is 9. The number of hydrogen-bond acceptors (Lipinski definition) is 6. The molecule has 0 spiro atoms. The van der Waals surface area contributed by atoms with Crippen molar-refractivity contribution in [3.63, 3.8) is 0 Å². The molecule has 0 radical (unpaired) electrons. The molecule has 208 valence electrons. The Balaban J connectivity index is 1.42. The Morgan fingerprint density at radius 2 is 1.80 bits per heavy atom. The van der Waals surface area contributed by atoms with Gasteiger partial charge < -0.3 is 14.6 Å². The predicted octanol–water partition coefficient (Wildman–Crippen LogP) is 7.74. The summed E-state index contributed by atoms with van der Waals surface area (Å²) in [7, 11) is 0. The highest BCUT2D eigenvalue weighted by Crippen LogP contribution is 2.39. The summed E-state index contributed by atoms with van der Waals surface area (Å²) in [6, 6.07) is 24.6. The normalized spacial score (nSPS) is 15.2. The molecule has 0 aromatic heterocycles. The maximum Gasteiger partial charge on any atom is 0.335 e. The number of carboxylic acid groups (broad SMARTS) is 1. The fraction of sp³-hybridized carbons (Fsp3) is 0.156. The van der Waals surface area contributed by atoms with E-state index in [2.05, 4.69) is 51.8 Å². The summed E-state index contributed by atoms with van der Waals surface area (Å²) in [6.45, 7) is 5.08. The lowest BCUT2D eigenvalue weighted by Gasteiger charge is -2.16. The molecule has 1 N–H and O–H groups in total. The summed E-state index contributed by atoms with van der Waals surface area (Å²) >= 11 is 3.49. The number of aliphatic imine (C=N–C) groups is 1. The molecule has 0 aliphatic carbocycles. The van der Waals surface area contributed by atoms with E-state index in [1.807, 2.05) is 50.3 Å². The Kier molecular flexibility index (Phi) is 8.94. The highest BCUT2D eigenvalue weighted by molar-refractivity contribution is 14.1. The van der Waals surface area contributed by atoms with Gasteiger partial charge in [0.25, 0.3) is 5.91 Å². The first-order valence-corrected chi connectivity index (χ1v) is 15.0. The molecule has 4 aromatic rings. The highest BCUT2D eigenvalue weighted by atomic mass is 127. The van der Waals surface area contributed by atoms with Crippen molar-refractivity contribution >= 4 is 73.9 Å². The number of halogens is 1. The number of benzene rings is 4. The molecule has 1 aliphatic rings. The van der Waals surface area contributed by atoms with Crippen LogP contribution >= 0.6 is 34.4 Å². The van der Waals surface area contributed by atoms with E-state index in [4.69, 9.17) is 9.47 Å². The number of aromatic carboxylic acids is 1. The van der Waals surface area contributed by atoms with Gasteiger partial charge in [-0.05, 0) is 107 Å². The summed E-state index contributed by atoms with van der Waals surface area (Å²) in [5.41, 5.74) is 2.50. The number of nitrogens with zero attached hydrogens (tertiary/aromatic N) is 2. The molecular weight excluding hydrogens is 651 g/mol. The fourth-order valence-corrected chi connectivity index (χ4v) is 6.33. The lowest BCUT2D eigenvalue weighted by molar-refractivity contribution is -0.122. The molecule has 0 saturated carbocycles. The summed E-state index contributed by atoms with van der Waals surface area (Å²) in [6.07, 6.45) is 1.82. The summed E-state index contributed by atoms with van der Waals surface area (Å²) in [4.78, 5) is 31.3. The number of carbonyl (C=O) groups excluding carboxylic acids is 1. The van der Waals surface area contributed by atoms with Crippen LogP contribution in [0.15, 0.2) is 88.8 Å². The van der Waals surface area contributed by atoms with E-state index >= 15 is 0 Å². The van der Waals surface area contributed by atoms with Crippen LogP contribution in [0.4, 0.5) is 5.69 Å². The van der Waals surface area contributed by atoms with Crippen molar-refractivity contribution in [3.05, 3.63) is 104 Å². The lowest BCUT2D eigenvalue weighted by atomic mass is 10.1. The van der Waals surface area contributed by atoms with E-state index in [1.165, 1.54) is 23.9 Å². The molecule has 1 fully saturated rings. The van der Waals surface area contributed by atoms with E-state index in [9.17, 15) is 14.7 Å². The van der Waals surface area contributed by atoms with Gasteiger partial charge in [-0.3, -0.25) is 9.69 Å². The number of amides is 1. The van der Waals surface area contributed by atoms with Gasteiger partial charge in [0.05, 0.1) is 26.3 Å². The minimum Gasteiger partial charge on any atom is -0.490 e. The molecule has 9 heteroatoms. The molecule has 0 unspecified atom stereocenters. The first-order chi connectivity index (χ1) is 19.9. The molecule has 1 aliphatic heterocycles. The molecule has 7 nitrogen and oxygen atoms in total. The SMILES string of the molecule is CCOc1cc(/C=C2\SC(=Nc3cccc(C(=O)O)c3)N(CC)C2=O)cc(I)c1OCc1cccc2ccccc12. The average molecular weight is 679 g/mol. The number of carbonyl (C=O) groups is 2. The second-order valence-electron chi connectivity index (χ2n) is 9.10. The molecule has 4 aromatic carbocycles. The fourth-order valence-electron chi connectivity index (χ4n) is 4.48. The molecule has 0 bridgehead atoms. The van der Waals surface area contributed by atoms with Crippen LogP contribution in [0.1, 0.15) is 35.3 Å². The summed E-state index contributed by atoms with van der Waals surface area (Å²) < 4.78 is 13.1. The monoisotopic (exact) mass is 678 g/mol.